The lowest BCUT2D eigenvalue weighted by molar-refractivity contribution is -0.326. The van der Waals surface area contributed by atoms with Crippen molar-refractivity contribution >= 4 is 11.9 Å². The molecule has 8 N–H and O–H groups in total. The quantitative estimate of drug-likeness (QED) is 0.249. The van der Waals surface area contributed by atoms with Gasteiger partial charge in [0, 0.05) is 6.92 Å². The maximum absolute atomic E-state index is 11.4. The van der Waals surface area contributed by atoms with Crippen LogP contribution in [0, 0.1) is 0 Å². The molecule has 12 heteroatoms. The number of carboxylic acid groups (broad SMARTS) is 1. The first-order valence-corrected chi connectivity index (χ1v) is 7.98. The van der Waals surface area contributed by atoms with Crippen LogP contribution >= 0.6 is 0 Å². The summed E-state index contributed by atoms with van der Waals surface area (Å²) in [7, 11) is 0. The highest BCUT2D eigenvalue weighted by molar-refractivity contribution is 5.74. The molecule has 2 rings (SSSR count). The van der Waals surface area contributed by atoms with Gasteiger partial charge in [0.15, 0.2) is 18.7 Å². The molecule has 1 amide bonds. The predicted octanol–water partition coefficient (Wildman–Crippen LogP) is -4.17. The molecular weight excluding hydrogens is 356 g/mol. The van der Waals surface area contributed by atoms with E-state index in [0.717, 1.165) is 0 Å². The molecule has 12 nitrogen and oxygen atoms in total. The third-order valence-corrected chi connectivity index (χ3v) is 4.41. The molecule has 150 valence electrons. The highest BCUT2D eigenvalue weighted by atomic mass is 16.7. The average Bonchev–Trinajstić information content (AvgIpc) is 2.56. The minimum atomic E-state index is -1.93. The van der Waals surface area contributed by atoms with Crippen molar-refractivity contribution in [3.63, 3.8) is 0 Å². The van der Waals surface area contributed by atoms with Gasteiger partial charge in [-0.05, 0) is 6.92 Å². The predicted molar refractivity (Wildman–Crippen MR) is 81.3 cm³/mol. The van der Waals surface area contributed by atoms with Crippen molar-refractivity contribution in [3.05, 3.63) is 0 Å². The number of hydrogen-bond acceptors (Lipinski definition) is 10. The van der Waals surface area contributed by atoms with Gasteiger partial charge >= 0.3 is 5.97 Å². The van der Waals surface area contributed by atoms with Crippen LogP contribution in [0.25, 0.3) is 0 Å². The molecule has 2 heterocycles. The van der Waals surface area contributed by atoms with E-state index in [-0.39, 0.29) is 0 Å². The van der Waals surface area contributed by atoms with Crippen LogP contribution < -0.4 is 11.1 Å². The summed E-state index contributed by atoms with van der Waals surface area (Å²) < 4.78 is 15.7. The van der Waals surface area contributed by atoms with Gasteiger partial charge in [-0.2, -0.15) is 0 Å². The fourth-order valence-corrected chi connectivity index (χ4v) is 2.93. The van der Waals surface area contributed by atoms with Crippen LogP contribution in [0.1, 0.15) is 13.8 Å². The summed E-state index contributed by atoms with van der Waals surface area (Å²) in [4.78, 5) is 22.8. The summed E-state index contributed by atoms with van der Waals surface area (Å²) >= 11 is 0. The van der Waals surface area contributed by atoms with Crippen LogP contribution in [0.4, 0.5) is 0 Å². The Bertz CT molecular complexity index is 534. The Kier molecular flexibility index (Phi) is 6.52. The normalized spacial score (nSPS) is 46.6. The Hall–Kier alpha value is -1.38. The summed E-state index contributed by atoms with van der Waals surface area (Å²) in [6.07, 6.45) is -12.5. The van der Waals surface area contributed by atoms with E-state index in [9.17, 15) is 35.1 Å². The smallest absolute Gasteiger partial charge is 0.335 e. The Morgan fingerprint density at radius 2 is 1.69 bits per heavy atom. The summed E-state index contributed by atoms with van der Waals surface area (Å²) in [5, 5.41) is 51.2. The molecule has 0 unspecified atom stereocenters. The number of rotatable bonds is 4. The fraction of sp³-hybridized carbons (Fsp3) is 0.857. The fourth-order valence-electron chi connectivity index (χ4n) is 2.93. The van der Waals surface area contributed by atoms with Crippen molar-refractivity contribution in [2.75, 3.05) is 0 Å². The number of carboxylic acids is 1. The van der Waals surface area contributed by atoms with E-state index in [1.165, 1.54) is 13.8 Å². The van der Waals surface area contributed by atoms with Crippen molar-refractivity contribution in [2.45, 2.75) is 75.1 Å². The first-order valence-electron chi connectivity index (χ1n) is 7.98. The van der Waals surface area contributed by atoms with Gasteiger partial charge in [-0.25, -0.2) is 4.79 Å². The van der Waals surface area contributed by atoms with Gasteiger partial charge in [0.05, 0.1) is 18.2 Å². The summed E-state index contributed by atoms with van der Waals surface area (Å²) in [5.74, 6) is -2.09. The zero-order valence-electron chi connectivity index (χ0n) is 14.1. The number of nitrogens with one attached hydrogen (secondary N) is 1. The molecule has 2 saturated heterocycles. The molecule has 0 saturated carbocycles. The van der Waals surface area contributed by atoms with Gasteiger partial charge in [-0.1, -0.05) is 0 Å². The number of carbonyl (C=O) groups is 2. The van der Waals surface area contributed by atoms with Crippen LogP contribution in [-0.4, -0.2) is 98.7 Å². The standard InChI is InChI=1S/C14H24N2O10/c1-3-5(15)7(18)6(16-4(2)17)14(24-3)26-10-8(19)9(20)13(23)25-11(10)12(21)22/h3,5-11,13-14,18-20,23H,15H2,1-2H3,(H,16,17)(H,21,22)/t3-,5+,6-,7+,8-,9-,10-,11+,13+,14-/m1/s1. The van der Waals surface area contributed by atoms with Gasteiger partial charge in [0.1, 0.15) is 24.4 Å². The maximum Gasteiger partial charge on any atom is 0.335 e. The highest BCUT2D eigenvalue weighted by Crippen LogP contribution is 2.28. The number of aliphatic hydroxyl groups is 4. The SMILES string of the molecule is CC(=O)N[C@H]1[C@@H](O[C@@H]2[C@H](O)[C@@H](O)[C@@H](O)O[C@@H]2C(=O)O)O[C@H](C)[C@H](N)[C@@H]1O. The van der Waals surface area contributed by atoms with Crippen LogP contribution in [0.2, 0.25) is 0 Å². The molecule has 2 fully saturated rings. The Labute approximate surface area is 148 Å². The Morgan fingerprint density at radius 3 is 2.23 bits per heavy atom. The van der Waals surface area contributed by atoms with Gasteiger partial charge in [0.2, 0.25) is 5.91 Å². The lowest BCUT2D eigenvalue weighted by atomic mass is 9.94. The van der Waals surface area contributed by atoms with E-state index in [2.05, 4.69) is 5.32 Å². The Balaban J connectivity index is 2.25. The zero-order chi connectivity index (χ0) is 19.8. The monoisotopic (exact) mass is 380 g/mol. The van der Waals surface area contributed by atoms with Crippen LogP contribution in [-0.2, 0) is 23.8 Å². The van der Waals surface area contributed by atoms with Gasteiger partial charge in [-0.15, -0.1) is 0 Å². The maximum atomic E-state index is 11.4. The van der Waals surface area contributed by atoms with Crippen LogP contribution in [0.5, 0.6) is 0 Å². The molecule has 2 aliphatic rings. The van der Waals surface area contributed by atoms with Gasteiger partial charge in [-0.3, -0.25) is 4.79 Å². The van der Waals surface area contributed by atoms with E-state index in [1.807, 2.05) is 0 Å². The molecule has 0 aromatic heterocycles. The number of carbonyl (C=O) groups excluding carboxylic acids is 1. The second-order valence-electron chi connectivity index (χ2n) is 6.37. The molecule has 2 aliphatic heterocycles. The van der Waals surface area contributed by atoms with Crippen molar-refractivity contribution in [1.29, 1.82) is 0 Å². The van der Waals surface area contributed by atoms with E-state index >= 15 is 0 Å². The molecule has 10 atom stereocenters. The molecule has 0 spiro atoms. The average molecular weight is 380 g/mol. The molecule has 0 radical (unpaired) electrons. The number of amides is 1. The van der Waals surface area contributed by atoms with E-state index in [0.29, 0.717) is 0 Å². The number of aliphatic carboxylic acids is 1. The number of hydrogen-bond donors (Lipinski definition) is 7. The summed E-state index contributed by atoms with van der Waals surface area (Å²) in [6, 6.07) is -2.02. The number of aliphatic hydroxyl groups excluding tert-OH is 4. The van der Waals surface area contributed by atoms with E-state index < -0.39 is 73.2 Å². The van der Waals surface area contributed by atoms with Crippen molar-refractivity contribution in [1.82, 2.24) is 5.32 Å². The van der Waals surface area contributed by atoms with Gasteiger partial charge < -0.3 is 50.8 Å². The minimum Gasteiger partial charge on any atom is -0.479 e. The lowest BCUT2D eigenvalue weighted by Crippen LogP contribution is -2.68. The largest absolute Gasteiger partial charge is 0.479 e. The molecule has 0 aromatic carbocycles. The first-order chi connectivity index (χ1) is 12.0. The van der Waals surface area contributed by atoms with Crippen molar-refractivity contribution in [2.24, 2.45) is 5.73 Å². The van der Waals surface area contributed by atoms with Crippen LogP contribution in [0.15, 0.2) is 0 Å². The summed E-state index contributed by atoms with van der Waals surface area (Å²) in [6.45, 7) is 2.72. The zero-order valence-corrected chi connectivity index (χ0v) is 14.1. The van der Waals surface area contributed by atoms with Crippen molar-refractivity contribution in [3.8, 4) is 0 Å². The number of ether oxygens (including phenoxy) is 3. The van der Waals surface area contributed by atoms with E-state index in [1.54, 1.807) is 0 Å². The third kappa shape index (κ3) is 4.13. The highest BCUT2D eigenvalue weighted by Gasteiger charge is 2.51. The second kappa shape index (κ2) is 8.10. The molecule has 26 heavy (non-hydrogen) atoms. The molecule has 0 aliphatic carbocycles. The topological polar surface area (TPSA) is 201 Å². The Morgan fingerprint density at radius 1 is 1.08 bits per heavy atom. The minimum absolute atomic E-state index is 0.529. The lowest BCUT2D eigenvalue weighted by Gasteiger charge is -2.46. The molecule has 0 bridgehead atoms. The van der Waals surface area contributed by atoms with Crippen LogP contribution in [0.3, 0.4) is 0 Å². The summed E-state index contributed by atoms with van der Waals surface area (Å²) in [5.41, 5.74) is 5.80. The second-order valence-corrected chi connectivity index (χ2v) is 6.37. The first kappa shape index (κ1) is 20.9. The van der Waals surface area contributed by atoms with E-state index in [4.69, 9.17) is 19.9 Å². The molecule has 0 aromatic rings. The van der Waals surface area contributed by atoms with Crippen molar-refractivity contribution < 1.29 is 49.3 Å². The number of nitrogens with two attached hydrogens (primary N) is 1. The van der Waals surface area contributed by atoms with Gasteiger partial charge in [0.25, 0.3) is 0 Å². The molecular formula is C14H24N2O10. The third-order valence-electron chi connectivity index (χ3n) is 4.41.